The fourth-order valence-electron chi connectivity index (χ4n) is 1.96. The number of aromatic nitrogens is 1. The molecule has 0 atom stereocenters. The molecule has 0 fully saturated rings. The Balaban J connectivity index is 2.27. The number of rotatable bonds is 4. The SMILES string of the molecule is COC(=O)Cc1ccc(C(=O)c2ccc(N)cc2)n1C. The van der Waals surface area contributed by atoms with Crippen LogP contribution >= 0.6 is 0 Å². The maximum absolute atomic E-state index is 12.4. The first-order chi connectivity index (χ1) is 9.52. The van der Waals surface area contributed by atoms with Crippen molar-refractivity contribution in [2.45, 2.75) is 6.42 Å². The van der Waals surface area contributed by atoms with Gasteiger partial charge in [0.15, 0.2) is 0 Å². The fraction of sp³-hybridized carbons (Fsp3) is 0.200. The van der Waals surface area contributed by atoms with Gasteiger partial charge in [-0.05, 0) is 36.4 Å². The van der Waals surface area contributed by atoms with Crippen molar-refractivity contribution in [3.63, 3.8) is 0 Å². The molecule has 5 heteroatoms. The third-order valence-electron chi connectivity index (χ3n) is 3.18. The highest BCUT2D eigenvalue weighted by Gasteiger charge is 2.16. The van der Waals surface area contributed by atoms with Crippen LogP contribution in [0.5, 0.6) is 0 Å². The summed E-state index contributed by atoms with van der Waals surface area (Å²) in [6, 6.07) is 10.2. The van der Waals surface area contributed by atoms with Crippen LogP contribution in [0.4, 0.5) is 5.69 Å². The van der Waals surface area contributed by atoms with Gasteiger partial charge in [-0.15, -0.1) is 0 Å². The van der Waals surface area contributed by atoms with Gasteiger partial charge in [-0.2, -0.15) is 0 Å². The summed E-state index contributed by atoms with van der Waals surface area (Å²) in [5.74, 6) is -0.443. The van der Waals surface area contributed by atoms with Gasteiger partial charge in [0.05, 0.1) is 19.2 Å². The Labute approximate surface area is 117 Å². The Hall–Kier alpha value is -2.56. The number of carbonyl (C=O) groups is 2. The van der Waals surface area contributed by atoms with Crippen molar-refractivity contribution in [3.8, 4) is 0 Å². The number of nitrogen functional groups attached to an aromatic ring is 1. The standard InChI is InChI=1S/C15H16N2O3/c1-17-12(9-14(18)20-2)7-8-13(17)15(19)10-3-5-11(16)6-4-10/h3-8H,9,16H2,1-2H3. The minimum atomic E-state index is -0.335. The van der Waals surface area contributed by atoms with Crippen LogP contribution < -0.4 is 5.73 Å². The van der Waals surface area contributed by atoms with Crippen LogP contribution in [0.25, 0.3) is 0 Å². The Morgan fingerprint density at radius 1 is 1.15 bits per heavy atom. The van der Waals surface area contributed by atoms with Crippen molar-refractivity contribution in [3.05, 3.63) is 53.3 Å². The number of carbonyl (C=O) groups excluding carboxylic acids is 2. The highest BCUT2D eigenvalue weighted by molar-refractivity contribution is 6.08. The lowest BCUT2D eigenvalue weighted by molar-refractivity contribution is -0.139. The van der Waals surface area contributed by atoms with Gasteiger partial charge in [0, 0.05) is 24.0 Å². The zero-order valence-corrected chi connectivity index (χ0v) is 11.4. The molecule has 0 radical (unpaired) electrons. The summed E-state index contributed by atoms with van der Waals surface area (Å²) >= 11 is 0. The van der Waals surface area contributed by atoms with Gasteiger partial charge in [0.2, 0.25) is 5.78 Å². The number of benzene rings is 1. The smallest absolute Gasteiger partial charge is 0.311 e. The molecule has 0 aliphatic carbocycles. The van der Waals surface area contributed by atoms with Gasteiger partial charge in [0.1, 0.15) is 0 Å². The summed E-state index contributed by atoms with van der Waals surface area (Å²) in [5.41, 5.74) is 8.03. The molecule has 104 valence electrons. The highest BCUT2D eigenvalue weighted by Crippen LogP contribution is 2.15. The number of ether oxygens (including phenoxy) is 1. The maximum atomic E-state index is 12.4. The van der Waals surface area contributed by atoms with E-state index in [2.05, 4.69) is 4.74 Å². The number of nitrogens with two attached hydrogens (primary N) is 1. The van der Waals surface area contributed by atoms with Gasteiger partial charge < -0.3 is 15.0 Å². The zero-order chi connectivity index (χ0) is 14.7. The first-order valence-electron chi connectivity index (χ1n) is 6.14. The van der Waals surface area contributed by atoms with E-state index in [1.807, 2.05) is 0 Å². The minimum absolute atomic E-state index is 0.108. The molecule has 0 aliphatic heterocycles. The van der Waals surface area contributed by atoms with Gasteiger partial charge in [0.25, 0.3) is 0 Å². The van der Waals surface area contributed by atoms with E-state index in [4.69, 9.17) is 5.73 Å². The van der Waals surface area contributed by atoms with Gasteiger partial charge >= 0.3 is 5.97 Å². The van der Waals surface area contributed by atoms with E-state index in [0.29, 0.717) is 16.9 Å². The molecule has 1 heterocycles. The fourth-order valence-corrected chi connectivity index (χ4v) is 1.96. The Bertz CT molecular complexity index is 642. The Morgan fingerprint density at radius 2 is 1.80 bits per heavy atom. The molecule has 20 heavy (non-hydrogen) atoms. The lowest BCUT2D eigenvalue weighted by atomic mass is 10.1. The van der Waals surface area contributed by atoms with Gasteiger partial charge in [-0.3, -0.25) is 9.59 Å². The first kappa shape index (κ1) is 13.9. The molecule has 0 spiro atoms. The van der Waals surface area contributed by atoms with Crippen molar-refractivity contribution < 1.29 is 14.3 Å². The summed E-state index contributed by atoms with van der Waals surface area (Å²) in [6.45, 7) is 0. The third-order valence-corrected chi connectivity index (χ3v) is 3.18. The van der Waals surface area contributed by atoms with Gasteiger partial charge in [-0.1, -0.05) is 0 Å². The molecule has 1 aromatic carbocycles. The number of methoxy groups -OCH3 is 1. The number of esters is 1. The van der Waals surface area contributed by atoms with E-state index in [1.54, 1.807) is 48.0 Å². The van der Waals surface area contributed by atoms with Crippen LogP contribution in [-0.2, 0) is 23.0 Å². The topological polar surface area (TPSA) is 74.3 Å². The molecule has 1 aromatic heterocycles. The molecular formula is C15H16N2O3. The predicted octanol–water partition coefficient (Wildman–Crippen LogP) is 1.55. The van der Waals surface area contributed by atoms with E-state index in [1.165, 1.54) is 7.11 Å². The van der Waals surface area contributed by atoms with Crippen molar-refractivity contribution in [1.29, 1.82) is 0 Å². The second kappa shape index (κ2) is 5.61. The largest absolute Gasteiger partial charge is 0.469 e. The van der Waals surface area contributed by atoms with Crippen molar-refractivity contribution in [2.24, 2.45) is 7.05 Å². The number of hydrogen-bond donors (Lipinski definition) is 1. The Morgan fingerprint density at radius 3 is 2.40 bits per heavy atom. The maximum Gasteiger partial charge on any atom is 0.311 e. The number of anilines is 1. The summed E-state index contributed by atoms with van der Waals surface area (Å²) in [5, 5.41) is 0. The molecule has 0 bridgehead atoms. The molecule has 2 aromatic rings. The lowest BCUT2D eigenvalue weighted by Gasteiger charge is -2.07. The number of ketones is 1. The zero-order valence-electron chi connectivity index (χ0n) is 11.4. The second-order valence-electron chi connectivity index (χ2n) is 4.47. The third kappa shape index (κ3) is 2.71. The molecule has 0 saturated heterocycles. The molecule has 5 nitrogen and oxygen atoms in total. The average Bonchev–Trinajstić information content (AvgIpc) is 2.80. The minimum Gasteiger partial charge on any atom is -0.469 e. The van der Waals surface area contributed by atoms with E-state index in [-0.39, 0.29) is 18.2 Å². The summed E-state index contributed by atoms with van der Waals surface area (Å²) in [6.07, 6.45) is 0.141. The molecule has 0 unspecified atom stereocenters. The second-order valence-corrected chi connectivity index (χ2v) is 4.47. The van der Waals surface area contributed by atoms with Crippen LogP contribution in [-0.4, -0.2) is 23.4 Å². The summed E-state index contributed by atoms with van der Waals surface area (Å²) in [7, 11) is 3.09. The quantitative estimate of drug-likeness (QED) is 0.520. The average molecular weight is 272 g/mol. The molecule has 0 aliphatic rings. The molecular weight excluding hydrogens is 256 g/mol. The van der Waals surface area contributed by atoms with Crippen LogP contribution in [0.3, 0.4) is 0 Å². The summed E-state index contributed by atoms with van der Waals surface area (Å²) < 4.78 is 6.33. The predicted molar refractivity (Wildman–Crippen MR) is 75.4 cm³/mol. The molecule has 2 rings (SSSR count). The first-order valence-corrected chi connectivity index (χ1v) is 6.14. The normalized spacial score (nSPS) is 10.3. The van der Waals surface area contributed by atoms with Gasteiger partial charge in [-0.25, -0.2) is 0 Å². The van der Waals surface area contributed by atoms with Crippen molar-refractivity contribution in [2.75, 3.05) is 12.8 Å². The number of hydrogen-bond acceptors (Lipinski definition) is 4. The van der Waals surface area contributed by atoms with E-state index in [9.17, 15) is 9.59 Å². The van der Waals surface area contributed by atoms with Crippen LogP contribution in [0.2, 0.25) is 0 Å². The summed E-state index contributed by atoms with van der Waals surface area (Å²) in [4.78, 5) is 23.7. The number of nitrogens with zero attached hydrogens (tertiary/aromatic N) is 1. The van der Waals surface area contributed by atoms with Crippen molar-refractivity contribution >= 4 is 17.4 Å². The van der Waals surface area contributed by atoms with Crippen LogP contribution in [0.15, 0.2) is 36.4 Å². The molecule has 0 amide bonds. The molecule has 0 saturated carbocycles. The van der Waals surface area contributed by atoms with Crippen LogP contribution in [0.1, 0.15) is 21.7 Å². The monoisotopic (exact) mass is 272 g/mol. The molecule has 2 N–H and O–H groups in total. The van der Waals surface area contributed by atoms with E-state index in [0.717, 1.165) is 5.69 Å². The Kier molecular flexibility index (Phi) is 3.89. The lowest BCUT2D eigenvalue weighted by Crippen LogP contribution is -2.12. The van der Waals surface area contributed by atoms with E-state index >= 15 is 0 Å². The highest BCUT2D eigenvalue weighted by atomic mass is 16.5. The van der Waals surface area contributed by atoms with Crippen molar-refractivity contribution in [1.82, 2.24) is 4.57 Å². The van der Waals surface area contributed by atoms with E-state index < -0.39 is 0 Å². The van der Waals surface area contributed by atoms with Crippen LogP contribution in [0, 0.1) is 0 Å².